The van der Waals surface area contributed by atoms with Crippen molar-refractivity contribution in [2.24, 2.45) is 0 Å². The SMILES string of the molecule is CCOc1ccc(N(CCCC(=O)N(Cc2ccc(Br)cc2)[C@@H](C)C(=O)N[C@@H](C)CC)S(C)(=O)=O)cc1. The lowest BCUT2D eigenvalue weighted by Gasteiger charge is -2.30. The molecule has 2 aromatic rings. The van der Waals surface area contributed by atoms with Crippen molar-refractivity contribution in [1.82, 2.24) is 10.2 Å². The van der Waals surface area contributed by atoms with Crippen LogP contribution in [0.3, 0.4) is 0 Å². The topological polar surface area (TPSA) is 96.0 Å². The number of benzene rings is 2. The van der Waals surface area contributed by atoms with Crippen LogP contribution in [0.4, 0.5) is 5.69 Å². The van der Waals surface area contributed by atoms with Gasteiger partial charge in [-0.15, -0.1) is 0 Å². The van der Waals surface area contributed by atoms with Gasteiger partial charge in [-0.2, -0.15) is 0 Å². The summed E-state index contributed by atoms with van der Waals surface area (Å²) in [4.78, 5) is 27.8. The third-order valence-electron chi connectivity index (χ3n) is 6.02. The molecule has 2 rings (SSSR count). The fourth-order valence-electron chi connectivity index (χ4n) is 3.71. The Morgan fingerprint density at radius 3 is 2.19 bits per heavy atom. The molecule has 1 N–H and O–H groups in total. The van der Waals surface area contributed by atoms with Gasteiger partial charge in [0.1, 0.15) is 11.8 Å². The molecule has 0 saturated heterocycles. The molecule has 0 heterocycles. The van der Waals surface area contributed by atoms with Gasteiger partial charge in [-0.3, -0.25) is 13.9 Å². The number of nitrogens with zero attached hydrogens (tertiary/aromatic N) is 2. The third-order valence-corrected chi connectivity index (χ3v) is 7.75. The third kappa shape index (κ3) is 9.66. The normalized spacial score (nSPS) is 12.9. The first-order valence-corrected chi connectivity index (χ1v) is 15.1. The van der Waals surface area contributed by atoms with E-state index in [1.54, 1.807) is 36.1 Å². The Kier molecular flexibility index (Phi) is 11.9. The van der Waals surface area contributed by atoms with Crippen LogP contribution < -0.4 is 14.4 Å². The zero-order chi connectivity index (χ0) is 27.6. The smallest absolute Gasteiger partial charge is 0.242 e. The van der Waals surface area contributed by atoms with Crippen LogP contribution in [0.1, 0.15) is 52.5 Å². The van der Waals surface area contributed by atoms with E-state index in [9.17, 15) is 18.0 Å². The Morgan fingerprint density at radius 1 is 1.03 bits per heavy atom. The molecule has 2 atom stereocenters. The highest BCUT2D eigenvalue weighted by molar-refractivity contribution is 9.10. The maximum absolute atomic E-state index is 13.4. The fourth-order valence-corrected chi connectivity index (χ4v) is 4.94. The summed E-state index contributed by atoms with van der Waals surface area (Å²) in [6.45, 7) is 8.43. The van der Waals surface area contributed by atoms with Gasteiger partial charge < -0.3 is 15.0 Å². The molecule has 10 heteroatoms. The quantitative estimate of drug-likeness (QED) is 0.341. The predicted octanol–water partition coefficient (Wildman–Crippen LogP) is 4.73. The molecule has 8 nitrogen and oxygen atoms in total. The van der Waals surface area contributed by atoms with Crippen molar-refractivity contribution in [3.05, 3.63) is 58.6 Å². The minimum Gasteiger partial charge on any atom is -0.494 e. The molecule has 0 bridgehead atoms. The molecule has 0 saturated carbocycles. The Morgan fingerprint density at radius 2 is 1.65 bits per heavy atom. The molecule has 2 amide bonds. The molecule has 0 aliphatic heterocycles. The van der Waals surface area contributed by atoms with Crippen LogP contribution in [0.5, 0.6) is 5.75 Å². The van der Waals surface area contributed by atoms with Crippen LogP contribution >= 0.6 is 15.9 Å². The number of hydrogen-bond donors (Lipinski definition) is 1. The number of halogens is 1. The zero-order valence-electron chi connectivity index (χ0n) is 22.2. The first-order valence-electron chi connectivity index (χ1n) is 12.5. The molecule has 0 fully saturated rings. The molecule has 0 unspecified atom stereocenters. The van der Waals surface area contributed by atoms with E-state index in [-0.39, 0.29) is 37.4 Å². The molecule has 2 aromatic carbocycles. The summed E-state index contributed by atoms with van der Waals surface area (Å²) in [5.74, 6) is 0.227. The van der Waals surface area contributed by atoms with Crippen LogP contribution in [0.25, 0.3) is 0 Å². The van der Waals surface area contributed by atoms with Gasteiger partial charge in [0, 0.05) is 30.0 Å². The van der Waals surface area contributed by atoms with E-state index in [2.05, 4.69) is 21.2 Å². The standard InChI is InChI=1S/C27H38BrN3O5S/c1-6-20(3)29-27(33)21(4)30(19-22-10-12-23(28)13-11-22)26(32)9-8-18-31(37(5,34)35)24-14-16-25(17-15-24)36-7-2/h10-17,20-21H,6-9,18-19H2,1-5H3,(H,29,33)/t20-,21-/m0/s1. The first-order chi connectivity index (χ1) is 17.5. The van der Waals surface area contributed by atoms with Crippen molar-refractivity contribution in [2.75, 3.05) is 23.7 Å². The number of hydrogen-bond acceptors (Lipinski definition) is 5. The lowest BCUT2D eigenvalue weighted by molar-refractivity contribution is -0.140. The zero-order valence-corrected chi connectivity index (χ0v) is 24.6. The summed E-state index contributed by atoms with van der Waals surface area (Å²) in [6.07, 6.45) is 2.33. The highest BCUT2D eigenvalue weighted by Crippen LogP contribution is 2.23. The van der Waals surface area contributed by atoms with Gasteiger partial charge in [0.05, 0.1) is 18.6 Å². The summed E-state index contributed by atoms with van der Waals surface area (Å²) in [5, 5.41) is 2.95. The van der Waals surface area contributed by atoms with Gasteiger partial charge in [0.25, 0.3) is 0 Å². The van der Waals surface area contributed by atoms with Crippen molar-refractivity contribution < 1.29 is 22.7 Å². The summed E-state index contributed by atoms with van der Waals surface area (Å²) in [7, 11) is -3.56. The Hall–Kier alpha value is -2.59. The number of ether oxygens (including phenoxy) is 1. The molecule has 204 valence electrons. The van der Waals surface area contributed by atoms with Gasteiger partial charge in [0.15, 0.2) is 0 Å². The minimum atomic E-state index is -3.56. The van der Waals surface area contributed by atoms with Crippen LogP contribution in [-0.4, -0.2) is 56.6 Å². The molecule has 37 heavy (non-hydrogen) atoms. The second kappa shape index (κ2) is 14.4. The number of carbonyl (C=O) groups excluding carboxylic acids is 2. The van der Waals surface area contributed by atoms with E-state index in [1.165, 1.54) is 4.31 Å². The van der Waals surface area contributed by atoms with Gasteiger partial charge in [-0.1, -0.05) is 35.0 Å². The second-order valence-electron chi connectivity index (χ2n) is 9.01. The molecule has 0 aromatic heterocycles. The average molecular weight is 597 g/mol. The maximum Gasteiger partial charge on any atom is 0.242 e. The highest BCUT2D eigenvalue weighted by Gasteiger charge is 2.27. The van der Waals surface area contributed by atoms with Crippen molar-refractivity contribution in [3.63, 3.8) is 0 Å². The summed E-state index contributed by atoms with van der Waals surface area (Å²) < 4.78 is 32.6. The molecular formula is C27H38BrN3O5S. The Bertz CT molecular complexity index is 1120. The molecular weight excluding hydrogens is 558 g/mol. The Labute approximate surface area is 229 Å². The van der Waals surface area contributed by atoms with E-state index in [0.29, 0.717) is 24.5 Å². The van der Waals surface area contributed by atoms with Gasteiger partial charge >= 0.3 is 0 Å². The van der Waals surface area contributed by atoms with Gasteiger partial charge in [-0.05, 0) is 75.6 Å². The van der Waals surface area contributed by atoms with E-state index in [1.807, 2.05) is 45.0 Å². The van der Waals surface area contributed by atoms with E-state index in [0.717, 1.165) is 22.7 Å². The van der Waals surface area contributed by atoms with Crippen LogP contribution in [0, 0.1) is 0 Å². The predicted molar refractivity (Wildman–Crippen MR) is 151 cm³/mol. The van der Waals surface area contributed by atoms with Gasteiger partial charge in [0.2, 0.25) is 21.8 Å². The van der Waals surface area contributed by atoms with Crippen LogP contribution in [-0.2, 0) is 26.2 Å². The lowest BCUT2D eigenvalue weighted by Crippen LogP contribution is -2.49. The highest BCUT2D eigenvalue weighted by atomic mass is 79.9. The average Bonchev–Trinajstić information content (AvgIpc) is 2.85. The minimum absolute atomic E-state index is 0.00276. The molecule has 0 aliphatic carbocycles. The van der Waals surface area contributed by atoms with Crippen molar-refractivity contribution in [1.29, 1.82) is 0 Å². The maximum atomic E-state index is 13.4. The van der Waals surface area contributed by atoms with Crippen molar-refractivity contribution >= 4 is 43.5 Å². The number of amides is 2. The van der Waals surface area contributed by atoms with E-state index < -0.39 is 16.1 Å². The lowest BCUT2D eigenvalue weighted by atomic mass is 10.1. The van der Waals surface area contributed by atoms with Crippen LogP contribution in [0.2, 0.25) is 0 Å². The number of rotatable bonds is 14. The van der Waals surface area contributed by atoms with E-state index >= 15 is 0 Å². The van der Waals surface area contributed by atoms with Crippen molar-refractivity contribution in [3.8, 4) is 5.75 Å². The van der Waals surface area contributed by atoms with E-state index in [4.69, 9.17) is 4.74 Å². The fraction of sp³-hybridized carbons (Fsp3) is 0.481. The molecule has 0 aliphatic rings. The first kappa shape index (κ1) is 30.6. The Balaban J connectivity index is 2.15. The van der Waals surface area contributed by atoms with Gasteiger partial charge in [-0.25, -0.2) is 8.42 Å². The number of anilines is 1. The summed E-state index contributed by atoms with van der Waals surface area (Å²) >= 11 is 3.42. The second-order valence-corrected chi connectivity index (χ2v) is 11.8. The number of nitrogens with one attached hydrogen (secondary N) is 1. The summed E-state index contributed by atoms with van der Waals surface area (Å²) in [5.41, 5.74) is 1.40. The van der Waals surface area contributed by atoms with Crippen molar-refractivity contribution in [2.45, 2.75) is 65.6 Å². The van der Waals surface area contributed by atoms with Crippen LogP contribution in [0.15, 0.2) is 53.0 Å². The molecule has 0 spiro atoms. The largest absolute Gasteiger partial charge is 0.494 e. The molecule has 0 radical (unpaired) electrons. The number of carbonyl (C=O) groups is 2. The number of sulfonamides is 1. The summed E-state index contributed by atoms with van der Waals surface area (Å²) in [6, 6.07) is 13.7. The monoisotopic (exact) mass is 595 g/mol.